The van der Waals surface area contributed by atoms with Gasteiger partial charge >= 0.3 is 0 Å². The largest absolute Gasteiger partial charge is 0.384 e. The lowest BCUT2D eigenvalue weighted by Gasteiger charge is -2.10. The summed E-state index contributed by atoms with van der Waals surface area (Å²) >= 11 is 3.51. The van der Waals surface area contributed by atoms with E-state index in [4.69, 9.17) is 4.74 Å². The number of Topliss-reactive ketones (excluding diaryl/α,β-unsaturated/α-hetero) is 1. The highest BCUT2D eigenvalue weighted by Crippen LogP contribution is 2.22. The van der Waals surface area contributed by atoms with Crippen LogP contribution < -0.4 is 0 Å². The van der Waals surface area contributed by atoms with Crippen LogP contribution in [0.2, 0.25) is 0 Å². The lowest BCUT2D eigenvalue weighted by atomic mass is 10.0. The SMILES string of the molecule is CCn1nc(C)c(Br)c1CC(=O)CC(C)COC. The van der Waals surface area contributed by atoms with E-state index in [9.17, 15) is 4.79 Å². The third-order valence-corrected chi connectivity index (χ3v) is 3.88. The minimum atomic E-state index is 0.231. The van der Waals surface area contributed by atoms with Crippen LogP contribution in [0, 0.1) is 12.8 Å². The second kappa shape index (κ2) is 7.04. The molecule has 5 heteroatoms. The number of nitrogens with zero attached hydrogens (tertiary/aromatic N) is 2. The Morgan fingerprint density at radius 2 is 2.22 bits per heavy atom. The van der Waals surface area contributed by atoms with Crippen LogP contribution in [-0.2, 0) is 22.5 Å². The van der Waals surface area contributed by atoms with Gasteiger partial charge in [0.05, 0.1) is 15.9 Å². The van der Waals surface area contributed by atoms with Crippen LogP contribution >= 0.6 is 15.9 Å². The van der Waals surface area contributed by atoms with Crippen LogP contribution in [0.25, 0.3) is 0 Å². The van der Waals surface area contributed by atoms with Crippen molar-refractivity contribution in [3.8, 4) is 0 Å². The average molecular weight is 317 g/mol. The number of ketones is 1. The molecule has 0 radical (unpaired) electrons. The molecule has 1 unspecified atom stereocenters. The van der Waals surface area contributed by atoms with Gasteiger partial charge in [-0.05, 0) is 35.7 Å². The summed E-state index contributed by atoms with van der Waals surface area (Å²) in [6.45, 7) is 7.40. The normalized spacial score (nSPS) is 12.7. The third-order valence-electron chi connectivity index (χ3n) is 2.84. The van der Waals surface area contributed by atoms with Crippen LogP contribution in [0.3, 0.4) is 0 Å². The molecule has 1 aromatic heterocycles. The lowest BCUT2D eigenvalue weighted by molar-refractivity contribution is -0.119. The summed E-state index contributed by atoms with van der Waals surface area (Å²) in [7, 11) is 1.66. The second-order valence-corrected chi connectivity index (χ2v) is 5.43. The number of aryl methyl sites for hydroxylation is 2. The summed E-state index contributed by atoms with van der Waals surface area (Å²) in [5.41, 5.74) is 1.91. The highest BCUT2D eigenvalue weighted by molar-refractivity contribution is 9.10. The van der Waals surface area contributed by atoms with E-state index in [0.717, 1.165) is 22.4 Å². The fourth-order valence-electron chi connectivity index (χ4n) is 2.03. The first-order chi connectivity index (χ1) is 8.49. The Labute approximate surface area is 117 Å². The third kappa shape index (κ3) is 3.92. The maximum atomic E-state index is 12.0. The quantitative estimate of drug-likeness (QED) is 0.777. The molecule has 1 rings (SSSR count). The lowest BCUT2D eigenvalue weighted by Crippen LogP contribution is -2.15. The zero-order valence-corrected chi connectivity index (χ0v) is 13.1. The van der Waals surface area contributed by atoms with E-state index in [1.807, 2.05) is 25.5 Å². The Bertz CT molecular complexity index is 415. The molecule has 0 aliphatic carbocycles. The molecule has 4 nitrogen and oxygen atoms in total. The van der Waals surface area contributed by atoms with Gasteiger partial charge in [-0.1, -0.05) is 6.92 Å². The van der Waals surface area contributed by atoms with Gasteiger partial charge in [0, 0.05) is 33.1 Å². The van der Waals surface area contributed by atoms with Gasteiger partial charge in [0.15, 0.2) is 0 Å². The predicted molar refractivity (Wildman–Crippen MR) is 74.7 cm³/mol. The van der Waals surface area contributed by atoms with E-state index in [1.165, 1.54) is 0 Å². The fourth-order valence-corrected chi connectivity index (χ4v) is 2.45. The Morgan fingerprint density at radius 1 is 1.56 bits per heavy atom. The van der Waals surface area contributed by atoms with Crippen LogP contribution in [0.15, 0.2) is 4.47 Å². The number of ether oxygens (including phenoxy) is 1. The summed E-state index contributed by atoms with van der Waals surface area (Å²) < 4.78 is 7.89. The molecule has 0 aliphatic heterocycles. The Kier molecular flexibility index (Phi) is 6.02. The van der Waals surface area contributed by atoms with Gasteiger partial charge in [0.25, 0.3) is 0 Å². The number of carbonyl (C=O) groups excluding carboxylic acids is 1. The topological polar surface area (TPSA) is 44.1 Å². The molecule has 0 aromatic carbocycles. The van der Waals surface area contributed by atoms with Gasteiger partial charge in [-0.25, -0.2) is 0 Å². The van der Waals surface area contributed by atoms with Crippen LogP contribution in [-0.4, -0.2) is 29.3 Å². The van der Waals surface area contributed by atoms with E-state index < -0.39 is 0 Å². The Hall–Kier alpha value is -0.680. The van der Waals surface area contributed by atoms with Gasteiger partial charge in [0.2, 0.25) is 0 Å². The molecule has 1 atom stereocenters. The molecule has 0 saturated carbocycles. The summed E-state index contributed by atoms with van der Waals surface area (Å²) in [5.74, 6) is 0.496. The molecule has 0 aliphatic rings. The van der Waals surface area contributed by atoms with E-state index in [0.29, 0.717) is 19.4 Å². The molecule has 1 heterocycles. The van der Waals surface area contributed by atoms with Crippen molar-refractivity contribution in [3.05, 3.63) is 15.9 Å². The standard InChI is InChI=1S/C13H21BrN2O2/c1-5-16-12(13(14)10(3)15-16)7-11(17)6-9(2)8-18-4/h9H,5-8H2,1-4H3. The highest BCUT2D eigenvalue weighted by atomic mass is 79.9. The Morgan fingerprint density at radius 3 is 2.78 bits per heavy atom. The molecule has 0 spiro atoms. The predicted octanol–water partition coefficient (Wildman–Crippen LogP) is 2.76. The number of aromatic nitrogens is 2. The summed E-state index contributed by atoms with van der Waals surface area (Å²) in [5, 5.41) is 4.39. The zero-order valence-electron chi connectivity index (χ0n) is 11.5. The van der Waals surface area contributed by atoms with Gasteiger partial charge < -0.3 is 4.74 Å². The zero-order chi connectivity index (χ0) is 13.7. The first-order valence-electron chi connectivity index (χ1n) is 6.22. The minimum Gasteiger partial charge on any atom is -0.384 e. The summed E-state index contributed by atoms with van der Waals surface area (Å²) in [4.78, 5) is 12.0. The molecule has 0 fully saturated rings. The number of hydrogen-bond acceptors (Lipinski definition) is 3. The monoisotopic (exact) mass is 316 g/mol. The highest BCUT2D eigenvalue weighted by Gasteiger charge is 2.17. The van der Waals surface area contributed by atoms with Gasteiger partial charge in [-0.15, -0.1) is 0 Å². The van der Waals surface area contributed by atoms with Crippen molar-refractivity contribution in [1.82, 2.24) is 9.78 Å². The first-order valence-corrected chi connectivity index (χ1v) is 7.01. The van der Waals surface area contributed by atoms with Gasteiger partial charge in [-0.2, -0.15) is 5.10 Å². The first kappa shape index (κ1) is 15.4. The molecular weight excluding hydrogens is 296 g/mol. The molecule has 0 saturated heterocycles. The number of hydrogen-bond donors (Lipinski definition) is 0. The molecule has 0 N–H and O–H groups in total. The van der Waals surface area contributed by atoms with E-state index in [2.05, 4.69) is 21.0 Å². The van der Waals surface area contributed by atoms with Crippen molar-refractivity contribution in [1.29, 1.82) is 0 Å². The number of methoxy groups -OCH3 is 1. The fraction of sp³-hybridized carbons (Fsp3) is 0.692. The average Bonchev–Trinajstić information content (AvgIpc) is 2.57. The maximum absolute atomic E-state index is 12.0. The Balaban J connectivity index is 2.69. The van der Waals surface area contributed by atoms with E-state index >= 15 is 0 Å². The minimum absolute atomic E-state index is 0.231. The van der Waals surface area contributed by atoms with Crippen molar-refractivity contribution in [2.45, 2.75) is 40.2 Å². The van der Waals surface area contributed by atoms with Crippen molar-refractivity contribution in [2.75, 3.05) is 13.7 Å². The second-order valence-electron chi connectivity index (χ2n) is 4.64. The van der Waals surface area contributed by atoms with Gasteiger partial charge in [0.1, 0.15) is 5.78 Å². The molecular formula is C13H21BrN2O2. The number of rotatable bonds is 7. The van der Waals surface area contributed by atoms with E-state index in [-0.39, 0.29) is 11.7 Å². The molecule has 1 aromatic rings. The van der Waals surface area contributed by atoms with Crippen LogP contribution in [0.1, 0.15) is 31.7 Å². The van der Waals surface area contributed by atoms with Crippen molar-refractivity contribution >= 4 is 21.7 Å². The molecule has 102 valence electrons. The molecule has 0 amide bonds. The smallest absolute Gasteiger partial charge is 0.139 e. The molecule has 0 bridgehead atoms. The van der Waals surface area contributed by atoms with Crippen molar-refractivity contribution in [3.63, 3.8) is 0 Å². The van der Waals surface area contributed by atoms with Crippen molar-refractivity contribution in [2.24, 2.45) is 5.92 Å². The number of carbonyl (C=O) groups is 1. The van der Waals surface area contributed by atoms with Crippen LogP contribution in [0.4, 0.5) is 0 Å². The molecule has 18 heavy (non-hydrogen) atoms. The summed E-state index contributed by atoms with van der Waals surface area (Å²) in [6, 6.07) is 0. The summed E-state index contributed by atoms with van der Waals surface area (Å²) in [6.07, 6.45) is 0.984. The van der Waals surface area contributed by atoms with Crippen LogP contribution in [0.5, 0.6) is 0 Å². The van der Waals surface area contributed by atoms with E-state index in [1.54, 1.807) is 7.11 Å². The van der Waals surface area contributed by atoms with Gasteiger partial charge in [-0.3, -0.25) is 9.48 Å². The maximum Gasteiger partial charge on any atom is 0.139 e. The number of halogens is 1. The van der Waals surface area contributed by atoms with Crippen molar-refractivity contribution < 1.29 is 9.53 Å².